The van der Waals surface area contributed by atoms with Gasteiger partial charge in [0.1, 0.15) is 0 Å². The molecule has 1 saturated heterocycles. The maximum absolute atomic E-state index is 12.4. The van der Waals surface area contributed by atoms with Crippen LogP contribution in [0.5, 0.6) is 0 Å². The number of rotatable bonds is 3. The highest BCUT2D eigenvalue weighted by molar-refractivity contribution is 6.33. The summed E-state index contributed by atoms with van der Waals surface area (Å²) in [5.74, 6) is -0.0385. The molecule has 6 heteroatoms. The number of ether oxygens (including phenoxy) is 1. The highest BCUT2D eigenvalue weighted by atomic mass is 35.5. The molecule has 2 rings (SSSR count). The van der Waals surface area contributed by atoms with Gasteiger partial charge in [0.2, 0.25) is 5.91 Å². The van der Waals surface area contributed by atoms with Crippen molar-refractivity contribution in [3.63, 3.8) is 0 Å². The number of aliphatic hydroxyl groups is 1. The molecule has 0 aliphatic carbocycles. The molecule has 20 heavy (non-hydrogen) atoms. The van der Waals surface area contributed by atoms with Crippen LogP contribution in [0.4, 0.5) is 0 Å². The minimum absolute atomic E-state index is 0.0109. The molecule has 1 aliphatic heterocycles. The van der Waals surface area contributed by atoms with Gasteiger partial charge < -0.3 is 14.7 Å². The van der Waals surface area contributed by atoms with Crippen LogP contribution in [0.1, 0.15) is 12.5 Å². The predicted octanol–water partition coefficient (Wildman–Crippen LogP) is 2.14. The fourth-order valence-electron chi connectivity index (χ4n) is 2.22. The third kappa shape index (κ3) is 3.64. The largest absolute Gasteiger partial charge is 0.394 e. The summed E-state index contributed by atoms with van der Waals surface area (Å²) < 4.78 is 5.42. The van der Waals surface area contributed by atoms with E-state index in [1.54, 1.807) is 23.1 Å². The van der Waals surface area contributed by atoms with Gasteiger partial charge in [-0.05, 0) is 30.7 Å². The Balaban J connectivity index is 2.08. The van der Waals surface area contributed by atoms with Crippen LogP contribution >= 0.6 is 23.2 Å². The van der Waals surface area contributed by atoms with Crippen molar-refractivity contribution in [1.82, 2.24) is 4.90 Å². The minimum Gasteiger partial charge on any atom is -0.394 e. The first-order valence-electron chi connectivity index (χ1n) is 6.47. The van der Waals surface area contributed by atoms with Crippen LogP contribution in [0.25, 0.3) is 0 Å². The second-order valence-corrected chi connectivity index (χ2v) is 5.79. The summed E-state index contributed by atoms with van der Waals surface area (Å²) >= 11 is 12.0. The van der Waals surface area contributed by atoms with Crippen LogP contribution in [0.2, 0.25) is 10.0 Å². The Labute approximate surface area is 128 Å². The Morgan fingerprint density at radius 3 is 2.95 bits per heavy atom. The van der Waals surface area contributed by atoms with Crippen molar-refractivity contribution >= 4 is 29.1 Å². The zero-order valence-corrected chi connectivity index (χ0v) is 12.7. The van der Waals surface area contributed by atoms with Crippen LogP contribution in [0.15, 0.2) is 18.2 Å². The van der Waals surface area contributed by atoms with Gasteiger partial charge in [-0.3, -0.25) is 4.79 Å². The number of aliphatic hydroxyl groups excluding tert-OH is 1. The molecule has 1 N–H and O–H groups in total. The van der Waals surface area contributed by atoms with E-state index in [9.17, 15) is 4.79 Å². The van der Waals surface area contributed by atoms with Crippen molar-refractivity contribution in [3.05, 3.63) is 33.8 Å². The second-order valence-electron chi connectivity index (χ2n) is 4.95. The molecule has 0 saturated carbocycles. The van der Waals surface area contributed by atoms with Crippen molar-refractivity contribution in [1.29, 1.82) is 0 Å². The molecule has 1 heterocycles. The van der Waals surface area contributed by atoms with E-state index in [-0.39, 0.29) is 31.1 Å². The highest BCUT2D eigenvalue weighted by Gasteiger charge is 2.29. The summed E-state index contributed by atoms with van der Waals surface area (Å²) in [7, 11) is 0. The molecule has 4 nitrogen and oxygen atoms in total. The number of nitrogens with zero attached hydrogens (tertiary/aromatic N) is 1. The summed E-state index contributed by atoms with van der Waals surface area (Å²) in [4.78, 5) is 14.1. The molecule has 0 spiro atoms. The first-order chi connectivity index (χ1) is 9.51. The molecular weight excluding hydrogens is 301 g/mol. The van der Waals surface area contributed by atoms with Crippen LogP contribution < -0.4 is 0 Å². The van der Waals surface area contributed by atoms with Crippen molar-refractivity contribution < 1.29 is 14.6 Å². The summed E-state index contributed by atoms with van der Waals surface area (Å²) in [5.41, 5.74) is 0.711. The fraction of sp³-hybridized carbons (Fsp3) is 0.500. The fourth-order valence-corrected chi connectivity index (χ4v) is 2.60. The van der Waals surface area contributed by atoms with E-state index in [1.807, 2.05) is 6.92 Å². The smallest absolute Gasteiger partial charge is 0.227 e. The summed E-state index contributed by atoms with van der Waals surface area (Å²) in [6.07, 6.45) is -0.119. The van der Waals surface area contributed by atoms with Gasteiger partial charge in [-0.15, -0.1) is 0 Å². The van der Waals surface area contributed by atoms with Gasteiger partial charge in [0.25, 0.3) is 0 Å². The summed E-state index contributed by atoms with van der Waals surface area (Å²) in [6.45, 7) is 2.66. The molecule has 1 aromatic carbocycles. The van der Waals surface area contributed by atoms with Gasteiger partial charge in [0, 0.05) is 16.6 Å². The lowest BCUT2D eigenvalue weighted by Crippen LogP contribution is -2.52. The van der Waals surface area contributed by atoms with E-state index in [2.05, 4.69) is 0 Å². The average Bonchev–Trinajstić information content (AvgIpc) is 2.43. The first kappa shape index (κ1) is 15.6. The number of hydrogen-bond donors (Lipinski definition) is 1. The number of carbonyl (C=O) groups excluding carboxylic acids is 1. The zero-order valence-electron chi connectivity index (χ0n) is 11.2. The molecule has 1 amide bonds. The standard InChI is InChI=1S/C14H17Cl2NO3/c1-9-8-20-12(7-18)6-17(9)14(19)5-10-4-11(15)2-3-13(10)16/h2-4,9,12,18H,5-8H2,1H3. The van der Waals surface area contributed by atoms with Gasteiger partial charge in [-0.1, -0.05) is 23.2 Å². The normalized spacial score (nSPS) is 22.9. The Hall–Kier alpha value is -0.810. The first-order valence-corrected chi connectivity index (χ1v) is 7.22. The van der Waals surface area contributed by atoms with Crippen LogP contribution in [0, 0.1) is 0 Å². The molecule has 2 atom stereocenters. The topological polar surface area (TPSA) is 49.8 Å². The van der Waals surface area contributed by atoms with E-state index in [1.165, 1.54) is 0 Å². The average molecular weight is 318 g/mol. The maximum Gasteiger partial charge on any atom is 0.227 e. The van der Waals surface area contributed by atoms with E-state index in [4.69, 9.17) is 33.0 Å². The molecule has 0 bridgehead atoms. The Bertz CT molecular complexity index is 495. The quantitative estimate of drug-likeness (QED) is 0.929. The molecule has 1 fully saturated rings. The van der Waals surface area contributed by atoms with Crippen molar-refractivity contribution in [2.75, 3.05) is 19.8 Å². The lowest BCUT2D eigenvalue weighted by Gasteiger charge is -2.37. The second kappa shape index (κ2) is 6.76. The van der Waals surface area contributed by atoms with Gasteiger partial charge in [0.15, 0.2) is 0 Å². The zero-order chi connectivity index (χ0) is 14.7. The number of hydrogen-bond acceptors (Lipinski definition) is 3. The maximum atomic E-state index is 12.4. The number of amides is 1. The number of morpholine rings is 1. The van der Waals surface area contributed by atoms with Gasteiger partial charge >= 0.3 is 0 Å². The number of carbonyl (C=O) groups is 1. The van der Waals surface area contributed by atoms with E-state index >= 15 is 0 Å². The highest BCUT2D eigenvalue weighted by Crippen LogP contribution is 2.22. The third-order valence-corrected chi connectivity index (χ3v) is 3.98. The van der Waals surface area contributed by atoms with Crippen LogP contribution in [0.3, 0.4) is 0 Å². The molecule has 1 aliphatic rings. The molecule has 0 aromatic heterocycles. The predicted molar refractivity (Wildman–Crippen MR) is 78.2 cm³/mol. The van der Waals surface area contributed by atoms with E-state index < -0.39 is 0 Å². The van der Waals surface area contributed by atoms with Gasteiger partial charge in [-0.2, -0.15) is 0 Å². The Morgan fingerprint density at radius 2 is 2.25 bits per heavy atom. The van der Waals surface area contributed by atoms with Crippen molar-refractivity contribution in [2.24, 2.45) is 0 Å². The number of halogens is 2. The monoisotopic (exact) mass is 317 g/mol. The van der Waals surface area contributed by atoms with Gasteiger partial charge in [-0.25, -0.2) is 0 Å². The van der Waals surface area contributed by atoms with Gasteiger partial charge in [0.05, 0.1) is 31.8 Å². The van der Waals surface area contributed by atoms with Crippen molar-refractivity contribution in [3.8, 4) is 0 Å². The SMILES string of the molecule is CC1COC(CO)CN1C(=O)Cc1cc(Cl)ccc1Cl. The van der Waals surface area contributed by atoms with Crippen LogP contribution in [-0.4, -0.2) is 47.8 Å². The summed E-state index contributed by atoms with van der Waals surface area (Å²) in [6, 6.07) is 5.07. The van der Waals surface area contributed by atoms with Crippen LogP contribution in [-0.2, 0) is 16.0 Å². The lowest BCUT2D eigenvalue weighted by atomic mass is 10.1. The lowest BCUT2D eigenvalue weighted by molar-refractivity contribution is -0.145. The molecule has 110 valence electrons. The third-order valence-electron chi connectivity index (χ3n) is 3.38. The molecule has 1 aromatic rings. The summed E-state index contributed by atoms with van der Waals surface area (Å²) in [5, 5.41) is 10.2. The molecular formula is C14H17Cl2NO3. The minimum atomic E-state index is -0.315. The molecule has 2 unspecified atom stereocenters. The van der Waals surface area contributed by atoms with E-state index in [0.29, 0.717) is 28.8 Å². The van der Waals surface area contributed by atoms with Crippen molar-refractivity contribution in [2.45, 2.75) is 25.5 Å². The number of benzene rings is 1. The Kier molecular flexibility index (Phi) is 5.27. The molecule has 0 radical (unpaired) electrons. The Morgan fingerprint density at radius 1 is 1.50 bits per heavy atom. The van der Waals surface area contributed by atoms with E-state index in [0.717, 1.165) is 0 Å².